The van der Waals surface area contributed by atoms with Crippen LogP contribution in [0.15, 0.2) is 42.6 Å². The lowest BCUT2D eigenvalue weighted by Gasteiger charge is -2.09. The second-order valence-electron chi connectivity index (χ2n) is 4.12. The van der Waals surface area contributed by atoms with Crippen LogP contribution < -0.4 is 10.5 Å². The molecule has 0 saturated heterocycles. The van der Waals surface area contributed by atoms with Gasteiger partial charge in [-0.2, -0.15) is 0 Å². The third-order valence-electron chi connectivity index (χ3n) is 2.61. The molecule has 0 bridgehead atoms. The topological polar surface area (TPSA) is 68.4 Å². The molecule has 0 aliphatic carbocycles. The lowest BCUT2D eigenvalue weighted by Crippen LogP contribution is -2.05. The van der Waals surface area contributed by atoms with Crippen LogP contribution in [0, 0.1) is 0 Å². The van der Waals surface area contributed by atoms with Crippen LogP contribution in [-0.2, 0) is 6.61 Å². The Labute approximate surface area is 106 Å². The number of nitrogens with zero attached hydrogens (tertiary/aromatic N) is 1. The number of aliphatic hydroxyl groups is 1. The highest BCUT2D eigenvalue weighted by Gasteiger charge is 2.03. The molecule has 3 N–H and O–H groups in total. The smallest absolute Gasteiger partial charge is 0.219 e. The Kier molecular flexibility index (Phi) is 3.92. The third kappa shape index (κ3) is 3.06. The van der Waals surface area contributed by atoms with Gasteiger partial charge in [0.1, 0.15) is 5.75 Å². The number of aromatic nitrogens is 1. The fourth-order valence-electron chi connectivity index (χ4n) is 1.55. The number of nitrogens with two attached hydrogens (primary N) is 1. The highest BCUT2D eigenvalue weighted by Crippen LogP contribution is 2.22. The molecular weight excluding hydrogens is 228 g/mol. The average molecular weight is 244 g/mol. The standard InChI is InChI=1S/C14H16N2O2/c1-10(15)12-6-7-16-14(8-12)18-13-4-2-11(9-17)3-5-13/h2-8,10,17H,9,15H2,1H3/t10-/m1/s1. The van der Waals surface area contributed by atoms with Gasteiger partial charge in [0.05, 0.1) is 6.61 Å². The van der Waals surface area contributed by atoms with E-state index in [0.717, 1.165) is 11.1 Å². The molecule has 1 aromatic carbocycles. The molecule has 0 radical (unpaired) electrons. The molecule has 4 heteroatoms. The summed E-state index contributed by atoms with van der Waals surface area (Å²) in [6.45, 7) is 1.94. The van der Waals surface area contributed by atoms with E-state index in [0.29, 0.717) is 11.6 Å². The zero-order valence-electron chi connectivity index (χ0n) is 10.2. The Morgan fingerprint density at radius 2 is 2.00 bits per heavy atom. The molecule has 4 nitrogen and oxygen atoms in total. The first-order chi connectivity index (χ1) is 8.69. The first-order valence-corrected chi connectivity index (χ1v) is 5.78. The van der Waals surface area contributed by atoms with Crippen LogP contribution in [0.4, 0.5) is 0 Å². The second kappa shape index (κ2) is 5.62. The van der Waals surface area contributed by atoms with Gasteiger partial charge in [-0.1, -0.05) is 12.1 Å². The predicted molar refractivity (Wildman–Crippen MR) is 69.3 cm³/mol. The van der Waals surface area contributed by atoms with Gasteiger partial charge in [0.15, 0.2) is 0 Å². The van der Waals surface area contributed by atoms with E-state index in [1.165, 1.54) is 0 Å². The molecular formula is C14H16N2O2. The average Bonchev–Trinajstić information content (AvgIpc) is 2.40. The highest BCUT2D eigenvalue weighted by molar-refractivity contribution is 5.31. The van der Waals surface area contributed by atoms with Gasteiger partial charge in [-0.3, -0.25) is 0 Å². The van der Waals surface area contributed by atoms with Crippen LogP contribution in [0.5, 0.6) is 11.6 Å². The summed E-state index contributed by atoms with van der Waals surface area (Å²) in [6, 6.07) is 10.9. The van der Waals surface area contributed by atoms with Crippen LogP contribution in [0.25, 0.3) is 0 Å². The van der Waals surface area contributed by atoms with Gasteiger partial charge in [0, 0.05) is 18.3 Å². The van der Waals surface area contributed by atoms with Crippen molar-refractivity contribution in [3.63, 3.8) is 0 Å². The zero-order chi connectivity index (χ0) is 13.0. The van der Waals surface area contributed by atoms with Crippen LogP contribution in [-0.4, -0.2) is 10.1 Å². The molecule has 94 valence electrons. The van der Waals surface area contributed by atoms with Gasteiger partial charge in [0.2, 0.25) is 5.88 Å². The van der Waals surface area contributed by atoms with E-state index in [1.54, 1.807) is 18.3 Å². The quantitative estimate of drug-likeness (QED) is 0.866. The van der Waals surface area contributed by atoms with Gasteiger partial charge in [-0.05, 0) is 36.2 Å². The van der Waals surface area contributed by atoms with Crippen molar-refractivity contribution in [1.29, 1.82) is 0 Å². The molecule has 0 aliphatic rings. The van der Waals surface area contributed by atoms with Crippen molar-refractivity contribution >= 4 is 0 Å². The molecule has 18 heavy (non-hydrogen) atoms. The first kappa shape index (κ1) is 12.5. The first-order valence-electron chi connectivity index (χ1n) is 5.78. The Bertz CT molecular complexity index is 509. The lowest BCUT2D eigenvalue weighted by atomic mass is 10.1. The summed E-state index contributed by atoms with van der Waals surface area (Å²) < 4.78 is 5.62. The van der Waals surface area contributed by atoms with Crippen molar-refractivity contribution in [2.24, 2.45) is 5.73 Å². The number of aliphatic hydroxyl groups excluding tert-OH is 1. The van der Waals surface area contributed by atoms with Crippen molar-refractivity contribution in [3.8, 4) is 11.6 Å². The monoisotopic (exact) mass is 244 g/mol. The van der Waals surface area contributed by atoms with Gasteiger partial charge in [-0.25, -0.2) is 4.98 Å². The van der Waals surface area contributed by atoms with Crippen LogP contribution >= 0.6 is 0 Å². The maximum atomic E-state index is 8.95. The van der Waals surface area contributed by atoms with E-state index in [-0.39, 0.29) is 12.6 Å². The molecule has 0 saturated carbocycles. The second-order valence-corrected chi connectivity index (χ2v) is 4.12. The predicted octanol–water partition coefficient (Wildman–Crippen LogP) is 2.39. The van der Waals surface area contributed by atoms with Gasteiger partial charge >= 0.3 is 0 Å². The number of pyridine rings is 1. The van der Waals surface area contributed by atoms with Crippen molar-refractivity contribution in [3.05, 3.63) is 53.7 Å². The van der Waals surface area contributed by atoms with E-state index < -0.39 is 0 Å². The molecule has 2 rings (SSSR count). The molecule has 1 atom stereocenters. The molecule has 0 aliphatic heterocycles. The maximum absolute atomic E-state index is 8.95. The number of hydrogen-bond donors (Lipinski definition) is 2. The minimum Gasteiger partial charge on any atom is -0.439 e. The summed E-state index contributed by atoms with van der Waals surface area (Å²) in [5, 5.41) is 8.95. The number of ether oxygens (including phenoxy) is 1. The van der Waals surface area contributed by atoms with E-state index in [4.69, 9.17) is 15.6 Å². The summed E-state index contributed by atoms with van der Waals surface area (Å²) in [5.41, 5.74) is 7.63. The summed E-state index contributed by atoms with van der Waals surface area (Å²) in [5.74, 6) is 1.20. The molecule has 0 amide bonds. The largest absolute Gasteiger partial charge is 0.439 e. The zero-order valence-corrected chi connectivity index (χ0v) is 10.2. The summed E-state index contributed by atoms with van der Waals surface area (Å²) in [4.78, 5) is 4.13. The van der Waals surface area contributed by atoms with E-state index in [2.05, 4.69) is 4.98 Å². The van der Waals surface area contributed by atoms with Crippen LogP contribution in [0.2, 0.25) is 0 Å². The van der Waals surface area contributed by atoms with E-state index in [1.807, 2.05) is 31.2 Å². The van der Waals surface area contributed by atoms with Gasteiger partial charge in [0.25, 0.3) is 0 Å². The van der Waals surface area contributed by atoms with Gasteiger partial charge in [-0.15, -0.1) is 0 Å². The molecule has 0 fully saturated rings. The van der Waals surface area contributed by atoms with Gasteiger partial charge < -0.3 is 15.6 Å². The minimum atomic E-state index is -0.0490. The molecule has 1 aromatic heterocycles. The van der Waals surface area contributed by atoms with Crippen molar-refractivity contribution in [2.45, 2.75) is 19.6 Å². The Balaban J connectivity index is 2.15. The Hall–Kier alpha value is -1.91. The Morgan fingerprint density at radius 3 is 2.61 bits per heavy atom. The summed E-state index contributed by atoms with van der Waals surface area (Å²) in [6.07, 6.45) is 1.68. The fourth-order valence-corrected chi connectivity index (χ4v) is 1.55. The van der Waals surface area contributed by atoms with Crippen molar-refractivity contribution in [2.75, 3.05) is 0 Å². The molecule has 2 aromatic rings. The summed E-state index contributed by atoms with van der Waals surface area (Å²) in [7, 11) is 0. The highest BCUT2D eigenvalue weighted by atomic mass is 16.5. The SMILES string of the molecule is C[C@@H](N)c1ccnc(Oc2ccc(CO)cc2)c1. The molecule has 0 unspecified atom stereocenters. The van der Waals surface area contributed by atoms with E-state index in [9.17, 15) is 0 Å². The fraction of sp³-hybridized carbons (Fsp3) is 0.214. The lowest BCUT2D eigenvalue weighted by molar-refractivity contribution is 0.281. The van der Waals surface area contributed by atoms with E-state index >= 15 is 0 Å². The van der Waals surface area contributed by atoms with Crippen LogP contribution in [0.3, 0.4) is 0 Å². The van der Waals surface area contributed by atoms with Crippen molar-refractivity contribution in [1.82, 2.24) is 4.98 Å². The van der Waals surface area contributed by atoms with Crippen molar-refractivity contribution < 1.29 is 9.84 Å². The maximum Gasteiger partial charge on any atom is 0.219 e. The summed E-state index contributed by atoms with van der Waals surface area (Å²) >= 11 is 0. The molecule has 0 spiro atoms. The number of hydrogen-bond acceptors (Lipinski definition) is 4. The molecule has 1 heterocycles. The normalized spacial score (nSPS) is 12.2. The Morgan fingerprint density at radius 1 is 1.28 bits per heavy atom. The minimum absolute atomic E-state index is 0.0265. The number of benzene rings is 1. The third-order valence-corrected chi connectivity index (χ3v) is 2.61. The number of rotatable bonds is 4. The van der Waals surface area contributed by atoms with Crippen LogP contribution in [0.1, 0.15) is 24.1 Å².